The van der Waals surface area contributed by atoms with E-state index < -0.39 is 5.60 Å². The van der Waals surface area contributed by atoms with Crippen molar-refractivity contribution in [2.75, 3.05) is 18.8 Å². The van der Waals surface area contributed by atoms with E-state index in [0.29, 0.717) is 24.7 Å². The Labute approximate surface area is 111 Å². The van der Waals surface area contributed by atoms with Gasteiger partial charge in [-0.05, 0) is 13.3 Å². The molecule has 1 aliphatic rings. The van der Waals surface area contributed by atoms with Gasteiger partial charge in [0.15, 0.2) is 5.65 Å². The molecule has 3 N–H and O–H groups in total. The van der Waals surface area contributed by atoms with Crippen LogP contribution in [-0.4, -0.2) is 48.4 Å². The molecule has 0 saturated carbocycles. The zero-order valence-electron chi connectivity index (χ0n) is 11.2. The van der Waals surface area contributed by atoms with E-state index in [1.54, 1.807) is 10.9 Å². The van der Waals surface area contributed by atoms with Crippen LogP contribution in [0.4, 0.5) is 5.82 Å². The fraction of sp³-hybridized carbons (Fsp3) is 0.583. The second-order valence-electron chi connectivity index (χ2n) is 5.49. The van der Waals surface area contributed by atoms with Gasteiger partial charge in [-0.15, -0.1) is 0 Å². The molecule has 7 nitrogen and oxygen atoms in total. The summed E-state index contributed by atoms with van der Waals surface area (Å²) in [5.41, 5.74) is 6.06. The number of aliphatic hydroxyl groups is 1. The normalized spacial score (nSPS) is 24.4. The SMILES string of the molecule is Cn1ncc2c(N)nc(CN3CCC(C)(O)C3)nc21. The number of nitrogens with two attached hydrogens (primary N) is 1. The minimum atomic E-state index is -0.609. The quantitative estimate of drug-likeness (QED) is 0.785. The van der Waals surface area contributed by atoms with Crippen molar-refractivity contribution < 1.29 is 5.11 Å². The van der Waals surface area contributed by atoms with Crippen molar-refractivity contribution in [3.8, 4) is 0 Å². The first-order valence-corrected chi connectivity index (χ1v) is 6.33. The predicted octanol–water partition coefficient (Wildman–Crippen LogP) is -0.0978. The first-order valence-electron chi connectivity index (χ1n) is 6.33. The number of aryl methyl sites for hydroxylation is 1. The molecule has 3 rings (SSSR count). The van der Waals surface area contributed by atoms with Gasteiger partial charge in [-0.1, -0.05) is 0 Å². The van der Waals surface area contributed by atoms with E-state index in [0.717, 1.165) is 24.0 Å². The minimum Gasteiger partial charge on any atom is -0.389 e. The monoisotopic (exact) mass is 262 g/mol. The van der Waals surface area contributed by atoms with Gasteiger partial charge in [-0.2, -0.15) is 5.10 Å². The third-order valence-corrected chi connectivity index (χ3v) is 3.56. The maximum atomic E-state index is 9.96. The smallest absolute Gasteiger partial charge is 0.163 e. The molecular formula is C12H18N6O. The van der Waals surface area contributed by atoms with E-state index in [9.17, 15) is 5.11 Å². The summed E-state index contributed by atoms with van der Waals surface area (Å²) in [7, 11) is 1.83. The number of aromatic nitrogens is 4. The molecule has 0 amide bonds. The molecule has 1 saturated heterocycles. The predicted molar refractivity (Wildman–Crippen MR) is 71.2 cm³/mol. The van der Waals surface area contributed by atoms with Crippen LogP contribution in [-0.2, 0) is 13.6 Å². The second-order valence-corrected chi connectivity index (χ2v) is 5.49. The highest BCUT2D eigenvalue weighted by Crippen LogP contribution is 2.22. The minimum absolute atomic E-state index is 0.457. The van der Waals surface area contributed by atoms with Crippen molar-refractivity contribution in [2.24, 2.45) is 7.05 Å². The summed E-state index contributed by atoms with van der Waals surface area (Å²) in [6.07, 6.45) is 2.45. The van der Waals surface area contributed by atoms with Gasteiger partial charge in [0.25, 0.3) is 0 Å². The van der Waals surface area contributed by atoms with Crippen LogP contribution in [0.2, 0.25) is 0 Å². The summed E-state index contributed by atoms with van der Waals surface area (Å²) in [5.74, 6) is 1.13. The number of rotatable bonds is 2. The maximum absolute atomic E-state index is 9.96. The number of hydrogen-bond donors (Lipinski definition) is 2. The molecule has 0 radical (unpaired) electrons. The van der Waals surface area contributed by atoms with E-state index in [2.05, 4.69) is 20.0 Å². The van der Waals surface area contributed by atoms with Crippen LogP contribution in [0, 0.1) is 0 Å². The zero-order chi connectivity index (χ0) is 13.6. The molecule has 7 heteroatoms. The summed E-state index contributed by atoms with van der Waals surface area (Å²) >= 11 is 0. The Hall–Kier alpha value is -1.73. The van der Waals surface area contributed by atoms with Crippen molar-refractivity contribution in [1.29, 1.82) is 0 Å². The zero-order valence-corrected chi connectivity index (χ0v) is 11.2. The van der Waals surface area contributed by atoms with Crippen molar-refractivity contribution >= 4 is 16.9 Å². The molecule has 0 bridgehead atoms. The summed E-state index contributed by atoms with van der Waals surface area (Å²) in [6.45, 7) is 3.94. The lowest BCUT2D eigenvalue weighted by atomic mass is 10.1. The molecule has 1 fully saturated rings. The van der Waals surface area contributed by atoms with Gasteiger partial charge in [0.05, 0.1) is 23.7 Å². The van der Waals surface area contributed by atoms with Crippen LogP contribution in [0.15, 0.2) is 6.20 Å². The van der Waals surface area contributed by atoms with E-state index in [4.69, 9.17) is 5.73 Å². The lowest BCUT2D eigenvalue weighted by Gasteiger charge is -2.18. The maximum Gasteiger partial charge on any atom is 0.163 e. The first kappa shape index (κ1) is 12.3. The molecular weight excluding hydrogens is 244 g/mol. The standard InChI is InChI=1S/C12H18N6O/c1-12(19)3-4-18(7-12)6-9-15-10(13)8-5-14-17(2)11(8)16-9/h5,19H,3-4,6-7H2,1-2H3,(H2,13,15,16). The van der Waals surface area contributed by atoms with Gasteiger partial charge >= 0.3 is 0 Å². The van der Waals surface area contributed by atoms with Gasteiger partial charge in [0.2, 0.25) is 0 Å². The fourth-order valence-electron chi connectivity index (χ4n) is 2.54. The molecule has 0 aromatic carbocycles. The Morgan fingerprint density at radius 3 is 2.95 bits per heavy atom. The van der Waals surface area contributed by atoms with Crippen LogP contribution in [0.25, 0.3) is 11.0 Å². The Balaban J connectivity index is 1.87. The van der Waals surface area contributed by atoms with Gasteiger partial charge in [-0.25, -0.2) is 9.97 Å². The summed E-state index contributed by atoms with van der Waals surface area (Å²) in [4.78, 5) is 10.9. The molecule has 19 heavy (non-hydrogen) atoms. The molecule has 0 spiro atoms. The summed E-state index contributed by atoms with van der Waals surface area (Å²) in [5, 5.41) is 14.9. The lowest BCUT2D eigenvalue weighted by molar-refractivity contribution is 0.0676. The number of nitrogens with zero attached hydrogens (tertiary/aromatic N) is 5. The highest BCUT2D eigenvalue weighted by atomic mass is 16.3. The lowest BCUT2D eigenvalue weighted by Crippen LogP contribution is -2.29. The van der Waals surface area contributed by atoms with Crippen LogP contribution in [0.1, 0.15) is 19.2 Å². The Kier molecular flexibility index (Phi) is 2.68. The van der Waals surface area contributed by atoms with Gasteiger partial charge in [0.1, 0.15) is 11.6 Å². The van der Waals surface area contributed by atoms with Gasteiger partial charge in [0, 0.05) is 20.1 Å². The topological polar surface area (TPSA) is 93.1 Å². The third-order valence-electron chi connectivity index (χ3n) is 3.56. The average Bonchev–Trinajstić information content (AvgIpc) is 2.84. The highest BCUT2D eigenvalue weighted by molar-refractivity contribution is 5.84. The number of likely N-dealkylation sites (tertiary alicyclic amines) is 1. The van der Waals surface area contributed by atoms with E-state index in [1.807, 2.05) is 14.0 Å². The average molecular weight is 262 g/mol. The molecule has 3 heterocycles. The summed E-state index contributed by atoms with van der Waals surface area (Å²) in [6, 6.07) is 0. The Bertz CT molecular complexity index is 620. The number of β-amino-alcohol motifs (C(OH)–C–C–N with tert-alkyl or cyclic N) is 1. The fourth-order valence-corrected chi connectivity index (χ4v) is 2.54. The van der Waals surface area contributed by atoms with Crippen molar-refractivity contribution in [2.45, 2.75) is 25.5 Å². The van der Waals surface area contributed by atoms with Crippen molar-refractivity contribution in [3.63, 3.8) is 0 Å². The molecule has 0 aliphatic carbocycles. The number of anilines is 1. The van der Waals surface area contributed by atoms with Crippen LogP contribution < -0.4 is 5.73 Å². The van der Waals surface area contributed by atoms with Gasteiger partial charge < -0.3 is 10.8 Å². The Morgan fingerprint density at radius 2 is 2.26 bits per heavy atom. The Morgan fingerprint density at radius 1 is 1.47 bits per heavy atom. The van der Waals surface area contributed by atoms with E-state index in [-0.39, 0.29) is 0 Å². The molecule has 2 aromatic rings. The third kappa shape index (κ3) is 2.26. The number of nitrogen functional groups attached to an aromatic ring is 1. The van der Waals surface area contributed by atoms with Crippen molar-refractivity contribution in [3.05, 3.63) is 12.0 Å². The van der Waals surface area contributed by atoms with Crippen LogP contribution >= 0.6 is 0 Å². The van der Waals surface area contributed by atoms with Gasteiger partial charge in [-0.3, -0.25) is 9.58 Å². The molecule has 1 unspecified atom stereocenters. The largest absolute Gasteiger partial charge is 0.389 e. The highest BCUT2D eigenvalue weighted by Gasteiger charge is 2.31. The van der Waals surface area contributed by atoms with Crippen molar-refractivity contribution in [1.82, 2.24) is 24.6 Å². The molecule has 2 aromatic heterocycles. The summed E-state index contributed by atoms with van der Waals surface area (Å²) < 4.78 is 1.69. The van der Waals surface area contributed by atoms with Crippen LogP contribution in [0.5, 0.6) is 0 Å². The molecule has 102 valence electrons. The molecule has 1 aliphatic heterocycles. The van der Waals surface area contributed by atoms with Crippen LogP contribution in [0.3, 0.4) is 0 Å². The number of fused-ring (bicyclic) bond motifs is 1. The second kappa shape index (κ2) is 4.14. The molecule has 1 atom stereocenters. The number of hydrogen-bond acceptors (Lipinski definition) is 6. The van der Waals surface area contributed by atoms with E-state index >= 15 is 0 Å². The van der Waals surface area contributed by atoms with E-state index in [1.165, 1.54) is 0 Å². The first-order chi connectivity index (χ1) is 8.94.